The number of halogens is 2. The number of esters is 1. The monoisotopic (exact) mass is 383 g/mol. The maximum absolute atomic E-state index is 13.5. The molecule has 0 radical (unpaired) electrons. The summed E-state index contributed by atoms with van der Waals surface area (Å²) < 4.78 is 37.4. The molecule has 0 bridgehead atoms. The summed E-state index contributed by atoms with van der Waals surface area (Å²) >= 11 is 0. The Morgan fingerprint density at radius 3 is 2.18 bits per heavy atom. The zero-order valence-corrected chi connectivity index (χ0v) is 14.5. The number of benzene rings is 3. The molecule has 28 heavy (non-hydrogen) atoms. The molecule has 0 spiro atoms. The number of ether oxygens (including phenoxy) is 2. The summed E-state index contributed by atoms with van der Waals surface area (Å²) in [6.07, 6.45) is 0. The van der Waals surface area contributed by atoms with Crippen LogP contribution in [0.15, 0.2) is 72.8 Å². The summed E-state index contributed by atoms with van der Waals surface area (Å²) in [5.41, 5.74) is -0.430. The summed E-state index contributed by atoms with van der Waals surface area (Å²) in [5.74, 6) is -2.91. The molecule has 5 nitrogen and oxygen atoms in total. The number of rotatable bonds is 6. The van der Waals surface area contributed by atoms with Crippen LogP contribution in [0.1, 0.15) is 10.4 Å². The molecule has 3 aromatic carbocycles. The first kappa shape index (κ1) is 19.0. The van der Waals surface area contributed by atoms with E-state index in [4.69, 9.17) is 4.74 Å². The van der Waals surface area contributed by atoms with Gasteiger partial charge in [0.25, 0.3) is 5.91 Å². The third-order valence-corrected chi connectivity index (χ3v) is 3.60. The van der Waals surface area contributed by atoms with Crippen LogP contribution < -0.4 is 10.1 Å². The van der Waals surface area contributed by atoms with Gasteiger partial charge in [0, 0.05) is 11.8 Å². The van der Waals surface area contributed by atoms with Crippen molar-refractivity contribution in [1.82, 2.24) is 0 Å². The highest BCUT2D eigenvalue weighted by Gasteiger charge is 2.19. The summed E-state index contributed by atoms with van der Waals surface area (Å²) in [7, 11) is 0. The Bertz CT molecular complexity index is 972. The molecule has 0 aliphatic heterocycles. The first-order valence-corrected chi connectivity index (χ1v) is 8.27. The highest BCUT2D eigenvalue weighted by molar-refractivity contribution is 5.95. The number of carbonyl (C=O) groups excluding carboxylic acids is 2. The predicted octanol–water partition coefficient (Wildman–Crippen LogP) is 4.55. The number of nitrogens with one attached hydrogen (secondary N) is 1. The molecular formula is C21H15F2NO4. The van der Waals surface area contributed by atoms with Crippen LogP contribution in [0.5, 0.6) is 11.5 Å². The van der Waals surface area contributed by atoms with Gasteiger partial charge in [-0.3, -0.25) is 4.79 Å². The van der Waals surface area contributed by atoms with E-state index in [2.05, 4.69) is 10.1 Å². The topological polar surface area (TPSA) is 64.6 Å². The van der Waals surface area contributed by atoms with Crippen LogP contribution in [0.25, 0.3) is 0 Å². The Balaban J connectivity index is 1.58. The van der Waals surface area contributed by atoms with Gasteiger partial charge in [0.05, 0.1) is 0 Å². The molecule has 0 aliphatic carbocycles. The van der Waals surface area contributed by atoms with E-state index >= 15 is 0 Å². The van der Waals surface area contributed by atoms with Crippen LogP contribution in [-0.2, 0) is 9.53 Å². The molecule has 0 atom stereocenters. The van der Waals surface area contributed by atoms with Crippen molar-refractivity contribution in [2.45, 2.75) is 0 Å². The van der Waals surface area contributed by atoms with Crippen molar-refractivity contribution in [3.8, 4) is 11.5 Å². The Hall–Kier alpha value is -3.74. The third kappa shape index (κ3) is 4.91. The minimum Gasteiger partial charge on any atom is -0.457 e. The van der Waals surface area contributed by atoms with E-state index < -0.39 is 35.7 Å². The fourth-order valence-electron chi connectivity index (χ4n) is 2.36. The van der Waals surface area contributed by atoms with Crippen molar-refractivity contribution in [3.05, 3.63) is 90.0 Å². The molecule has 0 aliphatic rings. The van der Waals surface area contributed by atoms with Crippen molar-refractivity contribution in [2.24, 2.45) is 0 Å². The number of carbonyl (C=O) groups is 2. The number of hydrogen-bond acceptors (Lipinski definition) is 4. The second-order valence-electron chi connectivity index (χ2n) is 5.66. The third-order valence-electron chi connectivity index (χ3n) is 3.60. The Labute approximate surface area is 159 Å². The van der Waals surface area contributed by atoms with E-state index in [0.717, 1.165) is 18.2 Å². The standard InChI is InChI=1S/C21H15F2NO4/c22-17-10-5-11-18(23)20(17)21(26)27-13-19(25)24-14-6-4-9-16(12-14)28-15-7-2-1-3-8-15/h1-12H,13H2,(H,24,25). The van der Waals surface area contributed by atoms with Gasteiger partial charge < -0.3 is 14.8 Å². The number of anilines is 1. The zero-order chi connectivity index (χ0) is 19.9. The van der Waals surface area contributed by atoms with Crippen molar-refractivity contribution >= 4 is 17.6 Å². The van der Waals surface area contributed by atoms with E-state index in [1.54, 1.807) is 36.4 Å². The average molecular weight is 383 g/mol. The smallest absolute Gasteiger partial charge is 0.344 e. The van der Waals surface area contributed by atoms with Crippen LogP contribution in [0, 0.1) is 11.6 Å². The lowest BCUT2D eigenvalue weighted by Gasteiger charge is -2.10. The second-order valence-corrected chi connectivity index (χ2v) is 5.66. The van der Waals surface area contributed by atoms with E-state index in [1.807, 2.05) is 18.2 Å². The van der Waals surface area contributed by atoms with Crippen molar-refractivity contribution in [3.63, 3.8) is 0 Å². The van der Waals surface area contributed by atoms with Gasteiger partial charge in [-0.05, 0) is 36.4 Å². The minimum absolute atomic E-state index is 0.409. The fourth-order valence-corrected chi connectivity index (χ4v) is 2.36. The van der Waals surface area contributed by atoms with Crippen LogP contribution >= 0.6 is 0 Å². The molecule has 3 aromatic rings. The van der Waals surface area contributed by atoms with Gasteiger partial charge in [0.2, 0.25) is 0 Å². The lowest BCUT2D eigenvalue weighted by Crippen LogP contribution is -2.21. The first-order valence-electron chi connectivity index (χ1n) is 8.27. The highest BCUT2D eigenvalue weighted by Crippen LogP contribution is 2.23. The number of hydrogen-bond donors (Lipinski definition) is 1. The largest absolute Gasteiger partial charge is 0.457 e. The molecular weight excluding hydrogens is 368 g/mol. The Kier molecular flexibility index (Phi) is 5.96. The van der Waals surface area contributed by atoms with Gasteiger partial charge in [0.15, 0.2) is 6.61 Å². The van der Waals surface area contributed by atoms with Crippen molar-refractivity contribution in [1.29, 1.82) is 0 Å². The van der Waals surface area contributed by atoms with Crippen LogP contribution in [0.4, 0.5) is 14.5 Å². The quantitative estimate of drug-likeness (QED) is 0.634. The van der Waals surface area contributed by atoms with Gasteiger partial charge >= 0.3 is 5.97 Å². The van der Waals surface area contributed by atoms with Crippen molar-refractivity contribution in [2.75, 3.05) is 11.9 Å². The molecule has 1 amide bonds. The number of para-hydroxylation sites is 1. The van der Waals surface area contributed by atoms with Gasteiger partial charge in [0.1, 0.15) is 28.7 Å². The highest BCUT2D eigenvalue weighted by atomic mass is 19.1. The first-order chi connectivity index (χ1) is 13.5. The Morgan fingerprint density at radius 2 is 1.46 bits per heavy atom. The molecule has 3 rings (SSSR count). The SMILES string of the molecule is O=C(COC(=O)c1c(F)cccc1F)Nc1cccc(Oc2ccccc2)c1. The molecule has 0 unspecified atom stereocenters. The maximum Gasteiger partial charge on any atom is 0.344 e. The minimum atomic E-state index is -1.26. The lowest BCUT2D eigenvalue weighted by atomic mass is 10.2. The summed E-state index contributed by atoms with van der Waals surface area (Å²) in [6.45, 7) is -0.698. The molecule has 1 N–H and O–H groups in total. The van der Waals surface area contributed by atoms with Crippen molar-refractivity contribution < 1.29 is 27.8 Å². The van der Waals surface area contributed by atoms with Gasteiger partial charge in [-0.15, -0.1) is 0 Å². The molecule has 7 heteroatoms. The van der Waals surface area contributed by atoms with E-state index in [-0.39, 0.29) is 0 Å². The summed E-state index contributed by atoms with van der Waals surface area (Å²) in [4.78, 5) is 23.8. The summed E-state index contributed by atoms with van der Waals surface area (Å²) in [6, 6.07) is 18.7. The molecule has 0 saturated carbocycles. The van der Waals surface area contributed by atoms with Crippen LogP contribution in [0.2, 0.25) is 0 Å². The van der Waals surface area contributed by atoms with Crippen LogP contribution in [0.3, 0.4) is 0 Å². The second kappa shape index (κ2) is 8.77. The molecule has 0 aromatic heterocycles. The average Bonchev–Trinajstić information content (AvgIpc) is 2.67. The van der Waals surface area contributed by atoms with E-state index in [0.29, 0.717) is 17.2 Å². The molecule has 142 valence electrons. The maximum atomic E-state index is 13.5. The van der Waals surface area contributed by atoms with Gasteiger partial charge in [-0.2, -0.15) is 0 Å². The van der Waals surface area contributed by atoms with E-state index in [9.17, 15) is 18.4 Å². The Morgan fingerprint density at radius 1 is 0.821 bits per heavy atom. The normalized spacial score (nSPS) is 10.2. The fraction of sp³-hybridized carbons (Fsp3) is 0.0476. The van der Waals surface area contributed by atoms with E-state index in [1.165, 1.54) is 0 Å². The van der Waals surface area contributed by atoms with Gasteiger partial charge in [-0.1, -0.05) is 30.3 Å². The number of amides is 1. The summed E-state index contributed by atoms with van der Waals surface area (Å²) in [5, 5.41) is 2.52. The van der Waals surface area contributed by atoms with Gasteiger partial charge in [-0.25, -0.2) is 13.6 Å². The van der Waals surface area contributed by atoms with Crippen LogP contribution in [-0.4, -0.2) is 18.5 Å². The zero-order valence-electron chi connectivity index (χ0n) is 14.5. The molecule has 0 saturated heterocycles. The molecule has 0 heterocycles. The lowest BCUT2D eigenvalue weighted by molar-refractivity contribution is -0.119. The molecule has 0 fully saturated rings. The predicted molar refractivity (Wildman–Crippen MR) is 98.2 cm³/mol.